The van der Waals surface area contributed by atoms with Crippen LogP contribution in [0.5, 0.6) is 5.75 Å². The molecule has 0 unspecified atom stereocenters. The van der Waals surface area contributed by atoms with Gasteiger partial charge in [0.05, 0.1) is 18.2 Å². The summed E-state index contributed by atoms with van der Waals surface area (Å²) in [5.41, 5.74) is 2.01. The third kappa shape index (κ3) is 5.46. The van der Waals surface area contributed by atoms with Crippen LogP contribution in [0.2, 0.25) is 5.02 Å². The number of para-hydroxylation sites is 1. The molecule has 1 saturated heterocycles. The van der Waals surface area contributed by atoms with Gasteiger partial charge in [-0.2, -0.15) is 0 Å². The molecule has 132 valence electrons. The molecule has 2 aromatic carbocycles. The van der Waals surface area contributed by atoms with Crippen LogP contribution in [-0.2, 0) is 16.1 Å². The topological polar surface area (TPSA) is 52.0 Å². The summed E-state index contributed by atoms with van der Waals surface area (Å²) in [6.07, 6.45) is 0. The van der Waals surface area contributed by atoms with Crippen molar-refractivity contribution in [2.75, 3.05) is 38.2 Å². The predicted octanol–water partition coefficient (Wildman–Crippen LogP) is 1.77. The van der Waals surface area contributed by atoms with Gasteiger partial charge in [0.1, 0.15) is 25.4 Å². The molecule has 0 atom stereocenters. The highest BCUT2D eigenvalue weighted by Gasteiger charge is 2.14. The van der Waals surface area contributed by atoms with E-state index in [2.05, 4.69) is 5.32 Å². The fraction of sp³-hybridized carbons (Fsp3) is 0.316. The van der Waals surface area contributed by atoms with Gasteiger partial charge in [-0.15, -0.1) is 0 Å². The highest BCUT2D eigenvalue weighted by Crippen LogP contribution is 2.22. The number of quaternary nitrogens is 1. The minimum absolute atomic E-state index is 0.0799. The maximum absolute atomic E-state index is 12.0. The number of benzene rings is 2. The van der Waals surface area contributed by atoms with Crippen molar-refractivity contribution in [3.8, 4) is 5.75 Å². The highest BCUT2D eigenvalue weighted by atomic mass is 35.5. The first-order valence-corrected chi connectivity index (χ1v) is 8.76. The number of carbonyl (C=O) groups excluding carboxylic acids is 1. The maximum atomic E-state index is 12.0. The van der Waals surface area contributed by atoms with Crippen LogP contribution >= 0.6 is 11.6 Å². The molecule has 6 heteroatoms. The largest absolute Gasteiger partial charge is 0.482 e. The molecule has 5 nitrogen and oxygen atoms in total. The quantitative estimate of drug-likeness (QED) is 0.824. The average molecular weight is 362 g/mol. The van der Waals surface area contributed by atoms with Gasteiger partial charge in [0.25, 0.3) is 5.91 Å². The fourth-order valence-electron chi connectivity index (χ4n) is 2.73. The Bertz CT molecular complexity index is 700. The number of hydrogen-bond acceptors (Lipinski definition) is 3. The third-order valence-corrected chi connectivity index (χ3v) is 4.40. The Morgan fingerprint density at radius 2 is 1.84 bits per heavy atom. The molecule has 1 amide bonds. The number of anilines is 1. The molecule has 0 bridgehead atoms. The number of hydrogen-bond donors (Lipinski definition) is 2. The van der Waals surface area contributed by atoms with E-state index in [0.29, 0.717) is 10.8 Å². The molecule has 0 saturated carbocycles. The lowest BCUT2D eigenvalue weighted by Crippen LogP contribution is -3.12. The Hall–Kier alpha value is -2.08. The molecular formula is C19H22ClN2O3+. The van der Waals surface area contributed by atoms with Crippen molar-refractivity contribution in [2.24, 2.45) is 0 Å². The van der Waals surface area contributed by atoms with Gasteiger partial charge in [-0.05, 0) is 24.3 Å². The number of nitrogens with one attached hydrogen (secondary N) is 2. The number of ether oxygens (including phenoxy) is 2. The van der Waals surface area contributed by atoms with Crippen molar-refractivity contribution in [2.45, 2.75) is 6.54 Å². The summed E-state index contributed by atoms with van der Waals surface area (Å²) in [4.78, 5) is 13.5. The number of amides is 1. The van der Waals surface area contributed by atoms with Gasteiger partial charge in [0.15, 0.2) is 6.61 Å². The zero-order chi connectivity index (χ0) is 17.5. The minimum Gasteiger partial charge on any atom is -0.482 e. The molecule has 2 N–H and O–H groups in total. The molecule has 0 aliphatic carbocycles. The lowest BCUT2D eigenvalue weighted by molar-refractivity contribution is -0.921. The van der Waals surface area contributed by atoms with Crippen LogP contribution in [0.1, 0.15) is 5.56 Å². The van der Waals surface area contributed by atoms with Crippen molar-refractivity contribution < 1.29 is 19.2 Å². The molecule has 0 aromatic heterocycles. The van der Waals surface area contributed by atoms with Crippen LogP contribution in [-0.4, -0.2) is 38.8 Å². The minimum atomic E-state index is -0.216. The second-order valence-electron chi connectivity index (χ2n) is 6.00. The lowest BCUT2D eigenvalue weighted by Gasteiger charge is -2.23. The first-order chi connectivity index (χ1) is 12.2. The van der Waals surface area contributed by atoms with Crippen LogP contribution < -0.4 is 15.0 Å². The SMILES string of the molecule is O=C(COc1ccccc1Cl)Nc1ccc(C[NH+]2CCOCC2)cc1. The Balaban J connectivity index is 1.47. The maximum Gasteiger partial charge on any atom is 0.262 e. The Morgan fingerprint density at radius 3 is 2.56 bits per heavy atom. The van der Waals surface area contributed by atoms with E-state index in [-0.39, 0.29) is 12.5 Å². The monoisotopic (exact) mass is 361 g/mol. The van der Waals surface area contributed by atoms with E-state index >= 15 is 0 Å². The zero-order valence-electron chi connectivity index (χ0n) is 14.0. The smallest absolute Gasteiger partial charge is 0.262 e. The van der Waals surface area contributed by atoms with Crippen molar-refractivity contribution in [3.05, 3.63) is 59.1 Å². The van der Waals surface area contributed by atoms with Crippen LogP contribution in [0.15, 0.2) is 48.5 Å². The van der Waals surface area contributed by atoms with E-state index < -0.39 is 0 Å². The molecule has 1 fully saturated rings. The fourth-order valence-corrected chi connectivity index (χ4v) is 2.92. The average Bonchev–Trinajstić information content (AvgIpc) is 2.64. The predicted molar refractivity (Wildman–Crippen MR) is 97.2 cm³/mol. The zero-order valence-corrected chi connectivity index (χ0v) is 14.7. The van der Waals surface area contributed by atoms with E-state index in [1.54, 1.807) is 12.1 Å². The molecule has 1 heterocycles. The van der Waals surface area contributed by atoms with E-state index in [1.807, 2.05) is 36.4 Å². The number of morpholine rings is 1. The summed E-state index contributed by atoms with van der Waals surface area (Å²) in [5.74, 6) is 0.287. The Labute approximate surface area is 152 Å². The molecule has 1 aliphatic heterocycles. The summed E-state index contributed by atoms with van der Waals surface area (Å²) >= 11 is 6.00. The summed E-state index contributed by atoms with van der Waals surface area (Å²) in [7, 11) is 0. The van der Waals surface area contributed by atoms with Gasteiger partial charge in [0.2, 0.25) is 0 Å². The lowest BCUT2D eigenvalue weighted by atomic mass is 10.2. The highest BCUT2D eigenvalue weighted by molar-refractivity contribution is 6.32. The second kappa shape index (κ2) is 8.85. The van der Waals surface area contributed by atoms with Crippen molar-refractivity contribution in [3.63, 3.8) is 0 Å². The van der Waals surface area contributed by atoms with Gasteiger partial charge < -0.3 is 19.7 Å². The van der Waals surface area contributed by atoms with Gasteiger partial charge in [-0.1, -0.05) is 35.9 Å². The molecule has 3 rings (SSSR count). The first kappa shape index (κ1) is 17.7. The summed E-state index contributed by atoms with van der Waals surface area (Å²) in [6, 6.07) is 15.0. The second-order valence-corrected chi connectivity index (χ2v) is 6.41. The van der Waals surface area contributed by atoms with Crippen molar-refractivity contribution in [1.29, 1.82) is 0 Å². The van der Waals surface area contributed by atoms with Crippen LogP contribution in [0.25, 0.3) is 0 Å². The first-order valence-electron chi connectivity index (χ1n) is 8.38. The molecule has 0 spiro atoms. The number of carbonyl (C=O) groups is 1. The number of halogens is 1. The molecule has 1 aliphatic rings. The molecule has 25 heavy (non-hydrogen) atoms. The van der Waals surface area contributed by atoms with Gasteiger partial charge in [-0.25, -0.2) is 0 Å². The molecular weight excluding hydrogens is 340 g/mol. The van der Waals surface area contributed by atoms with Crippen LogP contribution in [0.3, 0.4) is 0 Å². The third-order valence-electron chi connectivity index (χ3n) is 4.09. The van der Waals surface area contributed by atoms with Gasteiger partial charge in [0, 0.05) is 11.3 Å². The van der Waals surface area contributed by atoms with E-state index in [1.165, 1.54) is 10.5 Å². The molecule has 2 aromatic rings. The normalized spacial score (nSPS) is 14.9. The Kier molecular flexibility index (Phi) is 6.28. The van der Waals surface area contributed by atoms with Crippen molar-refractivity contribution in [1.82, 2.24) is 0 Å². The van der Waals surface area contributed by atoms with Gasteiger partial charge in [-0.3, -0.25) is 4.79 Å². The number of rotatable bonds is 6. The van der Waals surface area contributed by atoms with Crippen LogP contribution in [0.4, 0.5) is 5.69 Å². The summed E-state index contributed by atoms with van der Waals surface area (Å²) < 4.78 is 10.8. The summed E-state index contributed by atoms with van der Waals surface area (Å²) in [5, 5.41) is 3.32. The Morgan fingerprint density at radius 1 is 1.12 bits per heavy atom. The van der Waals surface area contributed by atoms with Crippen molar-refractivity contribution >= 4 is 23.2 Å². The van der Waals surface area contributed by atoms with E-state index in [9.17, 15) is 4.79 Å². The van der Waals surface area contributed by atoms with E-state index in [4.69, 9.17) is 21.1 Å². The van der Waals surface area contributed by atoms with E-state index in [0.717, 1.165) is 38.5 Å². The molecule has 0 radical (unpaired) electrons. The van der Waals surface area contributed by atoms with Gasteiger partial charge >= 0.3 is 0 Å². The summed E-state index contributed by atoms with van der Waals surface area (Å²) in [6.45, 7) is 4.64. The van der Waals surface area contributed by atoms with Crippen LogP contribution in [0, 0.1) is 0 Å². The standard InChI is InChI=1S/C19H21ClN2O3/c20-17-3-1-2-4-18(17)25-14-19(23)21-16-7-5-15(6-8-16)13-22-9-11-24-12-10-22/h1-8H,9-14H2,(H,21,23)/p+1.